The van der Waals surface area contributed by atoms with Crippen LogP contribution in [0, 0.1) is 12.7 Å². The van der Waals surface area contributed by atoms with Gasteiger partial charge in [0.25, 0.3) is 0 Å². The largest absolute Gasteiger partial charge is 0.313 e. The molecule has 0 bridgehead atoms. The van der Waals surface area contributed by atoms with Gasteiger partial charge in [0.1, 0.15) is 5.82 Å². The summed E-state index contributed by atoms with van der Waals surface area (Å²) < 4.78 is 14.9. The second kappa shape index (κ2) is 6.48. The fraction of sp³-hybridized carbons (Fsp3) is 0.400. The lowest BCUT2D eigenvalue weighted by Gasteiger charge is -2.06. The number of hydrogen-bond acceptors (Lipinski definition) is 2. The first-order valence-electron chi connectivity index (χ1n) is 6.66. The topological polar surface area (TPSA) is 29.9 Å². The van der Waals surface area contributed by atoms with E-state index in [4.69, 9.17) is 0 Å². The van der Waals surface area contributed by atoms with Gasteiger partial charge in [0.2, 0.25) is 0 Å². The highest BCUT2D eigenvalue weighted by atomic mass is 19.1. The highest BCUT2D eigenvalue weighted by molar-refractivity contribution is 5.26. The van der Waals surface area contributed by atoms with Crippen LogP contribution in [0.3, 0.4) is 0 Å². The lowest BCUT2D eigenvalue weighted by molar-refractivity contribution is 0.622. The summed E-state index contributed by atoms with van der Waals surface area (Å²) in [7, 11) is 0. The van der Waals surface area contributed by atoms with Crippen LogP contribution in [-0.4, -0.2) is 16.3 Å². The van der Waals surface area contributed by atoms with Crippen molar-refractivity contribution in [2.45, 2.75) is 33.4 Å². The van der Waals surface area contributed by atoms with Gasteiger partial charge in [0, 0.05) is 18.3 Å². The standard InChI is InChI=1S/C15H20FN3/c1-3-6-17-8-13-9-18-19(10-13)11-14-4-5-15(16)7-12(14)2/h4-5,7,9-10,17H,3,6,8,11H2,1-2H3. The van der Waals surface area contributed by atoms with Crippen molar-refractivity contribution in [2.75, 3.05) is 6.54 Å². The number of hydrogen-bond donors (Lipinski definition) is 1. The van der Waals surface area contributed by atoms with Crippen molar-refractivity contribution in [1.82, 2.24) is 15.1 Å². The van der Waals surface area contributed by atoms with Gasteiger partial charge in [0.15, 0.2) is 0 Å². The molecular weight excluding hydrogens is 241 g/mol. The normalized spacial score (nSPS) is 10.9. The number of halogens is 1. The molecule has 0 saturated carbocycles. The molecule has 0 saturated heterocycles. The van der Waals surface area contributed by atoms with Crippen LogP contribution in [0.2, 0.25) is 0 Å². The van der Waals surface area contributed by atoms with Gasteiger partial charge in [-0.25, -0.2) is 4.39 Å². The zero-order chi connectivity index (χ0) is 13.7. The lowest BCUT2D eigenvalue weighted by atomic mass is 10.1. The summed E-state index contributed by atoms with van der Waals surface area (Å²) in [5.74, 6) is -0.189. The monoisotopic (exact) mass is 261 g/mol. The van der Waals surface area contributed by atoms with Gasteiger partial charge in [-0.15, -0.1) is 0 Å². The molecule has 0 spiro atoms. The molecule has 0 unspecified atom stereocenters. The third kappa shape index (κ3) is 3.89. The van der Waals surface area contributed by atoms with Gasteiger partial charge in [-0.05, 0) is 43.1 Å². The Morgan fingerprint density at radius 3 is 2.95 bits per heavy atom. The molecule has 0 fully saturated rings. The summed E-state index contributed by atoms with van der Waals surface area (Å²) in [6.45, 7) is 6.61. The van der Waals surface area contributed by atoms with E-state index in [9.17, 15) is 4.39 Å². The molecule has 0 aliphatic rings. The molecule has 0 amide bonds. The van der Waals surface area contributed by atoms with Gasteiger partial charge >= 0.3 is 0 Å². The molecular formula is C15H20FN3. The number of aromatic nitrogens is 2. The number of aryl methyl sites for hydroxylation is 1. The highest BCUT2D eigenvalue weighted by Gasteiger charge is 2.03. The van der Waals surface area contributed by atoms with Crippen molar-refractivity contribution < 1.29 is 4.39 Å². The van der Waals surface area contributed by atoms with Crippen LogP contribution in [-0.2, 0) is 13.1 Å². The molecule has 2 aromatic rings. The van der Waals surface area contributed by atoms with Gasteiger partial charge in [-0.2, -0.15) is 5.10 Å². The Bertz CT molecular complexity index is 534. The van der Waals surface area contributed by atoms with Gasteiger partial charge in [0.05, 0.1) is 12.7 Å². The van der Waals surface area contributed by atoms with E-state index >= 15 is 0 Å². The summed E-state index contributed by atoms with van der Waals surface area (Å²) in [5, 5.41) is 7.68. The van der Waals surface area contributed by atoms with Crippen molar-refractivity contribution >= 4 is 0 Å². The Kier molecular flexibility index (Phi) is 4.68. The Morgan fingerprint density at radius 1 is 1.37 bits per heavy atom. The van der Waals surface area contributed by atoms with Crippen LogP contribution < -0.4 is 5.32 Å². The zero-order valence-electron chi connectivity index (χ0n) is 11.5. The molecule has 4 heteroatoms. The minimum atomic E-state index is -0.189. The van der Waals surface area contributed by atoms with Crippen molar-refractivity contribution in [3.63, 3.8) is 0 Å². The zero-order valence-corrected chi connectivity index (χ0v) is 11.5. The predicted molar refractivity (Wildman–Crippen MR) is 74.5 cm³/mol. The molecule has 0 aliphatic carbocycles. The quantitative estimate of drug-likeness (QED) is 0.810. The fourth-order valence-electron chi connectivity index (χ4n) is 2.00. The number of benzene rings is 1. The van der Waals surface area contributed by atoms with E-state index in [1.807, 2.05) is 30.1 Å². The second-order valence-corrected chi connectivity index (χ2v) is 4.79. The predicted octanol–water partition coefficient (Wildman–Crippen LogP) is 2.88. The lowest BCUT2D eigenvalue weighted by Crippen LogP contribution is -2.13. The SMILES string of the molecule is CCCNCc1cnn(Cc2ccc(F)cc2C)c1. The van der Waals surface area contributed by atoms with Crippen molar-refractivity contribution in [1.29, 1.82) is 0 Å². The average Bonchev–Trinajstić information content (AvgIpc) is 2.81. The Labute approximate surface area is 113 Å². The van der Waals surface area contributed by atoms with Crippen LogP contribution in [0.1, 0.15) is 30.0 Å². The van der Waals surface area contributed by atoms with Crippen LogP contribution in [0.4, 0.5) is 4.39 Å². The van der Waals surface area contributed by atoms with E-state index in [0.29, 0.717) is 6.54 Å². The van der Waals surface area contributed by atoms with Gasteiger partial charge < -0.3 is 5.32 Å². The van der Waals surface area contributed by atoms with Crippen LogP contribution in [0.25, 0.3) is 0 Å². The fourth-order valence-corrected chi connectivity index (χ4v) is 2.00. The van der Waals surface area contributed by atoms with Crippen molar-refractivity contribution in [3.8, 4) is 0 Å². The molecule has 0 atom stereocenters. The molecule has 19 heavy (non-hydrogen) atoms. The minimum absolute atomic E-state index is 0.189. The summed E-state index contributed by atoms with van der Waals surface area (Å²) in [4.78, 5) is 0. The second-order valence-electron chi connectivity index (χ2n) is 4.79. The van der Waals surface area contributed by atoms with Crippen LogP contribution in [0.15, 0.2) is 30.6 Å². The number of rotatable bonds is 6. The van der Waals surface area contributed by atoms with Gasteiger partial charge in [-0.3, -0.25) is 4.68 Å². The molecule has 1 N–H and O–H groups in total. The smallest absolute Gasteiger partial charge is 0.123 e. The van der Waals surface area contributed by atoms with E-state index in [1.54, 1.807) is 6.07 Å². The van der Waals surface area contributed by atoms with E-state index in [0.717, 1.165) is 30.6 Å². The number of nitrogens with one attached hydrogen (secondary N) is 1. The molecule has 102 valence electrons. The maximum absolute atomic E-state index is 13.0. The van der Waals surface area contributed by atoms with Gasteiger partial charge in [-0.1, -0.05) is 13.0 Å². The first-order valence-corrected chi connectivity index (χ1v) is 6.66. The molecule has 1 aromatic heterocycles. The summed E-state index contributed by atoms with van der Waals surface area (Å²) in [6.07, 6.45) is 5.04. The van der Waals surface area contributed by atoms with E-state index < -0.39 is 0 Å². The average molecular weight is 261 g/mol. The summed E-state index contributed by atoms with van der Waals surface area (Å²) in [5.41, 5.74) is 3.23. The first-order chi connectivity index (χ1) is 9.19. The van der Waals surface area contributed by atoms with E-state index in [1.165, 1.54) is 11.6 Å². The van der Waals surface area contributed by atoms with Crippen molar-refractivity contribution in [3.05, 3.63) is 53.1 Å². The molecule has 1 aromatic carbocycles. The molecule has 3 nitrogen and oxygen atoms in total. The summed E-state index contributed by atoms with van der Waals surface area (Å²) in [6, 6.07) is 4.87. The Hall–Kier alpha value is -1.68. The first kappa shape index (κ1) is 13.7. The molecule has 0 radical (unpaired) electrons. The highest BCUT2D eigenvalue weighted by Crippen LogP contribution is 2.12. The molecule has 1 heterocycles. The molecule has 0 aliphatic heterocycles. The third-order valence-electron chi connectivity index (χ3n) is 3.08. The van der Waals surface area contributed by atoms with E-state index in [-0.39, 0.29) is 5.82 Å². The van der Waals surface area contributed by atoms with Crippen LogP contribution >= 0.6 is 0 Å². The Morgan fingerprint density at radius 2 is 2.21 bits per heavy atom. The Balaban J connectivity index is 1.99. The maximum Gasteiger partial charge on any atom is 0.123 e. The minimum Gasteiger partial charge on any atom is -0.313 e. The maximum atomic E-state index is 13.0. The van der Waals surface area contributed by atoms with Crippen LogP contribution in [0.5, 0.6) is 0 Å². The van der Waals surface area contributed by atoms with E-state index in [2.05, 4.69) is 17.3 Å². The van der Waals surface area contributed by atoms with Crippen molar-refractivity contribution in [2.24, 2.45) is 0 Å². The molecule has 2 rings (SSSR count). The summed E-state index contributed by atoms with van der Waals surface area (Å²) >= 11 is 0. The third-order valence-corrected chi connectivity index (χ3v) is 3.08. The number of nitrogens with zero attached hydrogens (tertiary/aromatic N) is 2.